The van der Waals surface area contributed by atoms with E-state index < -0.39 is 0 Å². The van der Waals surface area contributed by atoms with Crippen LogP contribution in [0.25, 0.3) is 0 Å². The predicted octanol–water partition coefficient (Wildman–Crippen LogP) is 2.32. The Hall–Kier alpha value is -1.85. The van der Waals surface area contributed by atoms with Gasteiger partial charge in [0.25, 0.3) is 0 Å². The zero-order chi connectivity index (χ0) is 16.2. The Morgan fingerprint density at radius 1 is 1.24 bits per heavy atom. The first-order valence-electron chi connectivity index (χ1n) is 7.44. The number of anilines is 1. The van der Waals surface area contributed by atoms with Crippen LogP contribution in [0.5, 0.6) is 0 Å². The lowest BCUT2D eigenvalue weighted by Gasteiger charge is -2.37. The third-order valence-corrected chi connectivity index (χ3v) is 4.28. The highest BCUT2D eigenvalue weighted by molar-refractivity contribution is 6.03. The molecular weight excluding hydrogens is 266 g/mol. The first kappa shape index (κ1) is 17.2. The fraction of sp³-hybridized carbons (Fsp3) is 0.667. The minimum absolute atomic E-state index is 0.0882. The second kappa shape index (κ2) is 6.74. The highest BCUT2D eigenvalue weighted by Crippen LogP contribution is 2.29. The summed E-state index contributed by atoms with van der Waals surface area (Å²) in [5, 5.41) is 21.0. The molecule has 6 heteroatoms. The van der Waals surface area contributed by atoms with E-state index in [4.69, 9.17) is 10.9 Å². The van der Waals surface area contributed by atoms with E-state index >= 15 is 0 Å². The summed E-state index contributed by atoms with van der Waals surface area (Å²) in [7, 11) is 1.97. The Kier molecular flexibility index (Phi) is 5.52. The number of nitrogens with zero attached hydrogens (tertiary/aromatic N) is 4. The number of nitrogens with two attached hydrogens (primary N) is 1. The summed E-state index contributed by atoms with van der Waals surface area (Å²) in [5.41, 5.74) is 8.41. The molecule has 0 aliphatic heterocycles. The molecule has 0 spiro atoms. The second-order valence-electron chi connectivity index (χ2n) is 5.74. The van der Waals surface area contributed by atoms with Crippen molar-refractivity contribution in [2.75, 3.05) is 11.9 Å². The van der Waals surface area contributed by atoms with Crippen LogP contribution < -0.4 is 10.6 Å². The monoisotopic (exact) mass is 293 g/mol. The van der Waals surface area contributed by atoms with E-state index in [2.05, 4.69) is 36.1 Å². The van der Waals surface area contributed by atoms with Gasteiger partial charge in [-0.1, -0.05) is 25.9 Å². The third-order valence-electron chi connectivity index (χ3n) is 4.28. The fourth-order valence-corrected chi connectivity index (χ4v) is 2.24. The highest BCUT2D eigenvalue weighted by Gasteiger charge is 2.28. The highest BCUT2D eigenvalue weighted by atomic mass is 16.4. The molecule has 0 amide bonds. The van der Waals surface area contributed by atoms with Gasteiger partial charge in [-0.2, -0.15) is 5.10 Å². The number of amidine groups is 1. The standard InChI is InChI=1S/C15H27N5O/c1-7-10-11(8-2)17-18-14(12(10)13(16)19-21)20(6)15(4,5)9-3/h21H,7-9H2,1-6H3,(H2,16,19). The van der Waals surface area contributed by atoms with Crippen LogP contribution in [0, 0.1) is 0 Å². The Labute approximate surface area is 127 Å². The number of oxime groups is 1. The quantitative estimate of drug-likeness (QED) is 0.364. The Bertz CT molecular complexity index is 525. The molecule has 21 heavy (non-hydrogen) atoms. The smallest absolute Gasteiger partial charge is 0.174 e. The van der Waals surface area contributed by atoms with Crippen LogP contribution >= 0.6 is 0 Å². The molecule has 1 aromatic heterocycles. The average Bonchev–Trinajstić information content (AvgIpc) is 2.51. The SMILES string of the molecule is CCc1nnc(N(C)C(C)(C)CC)c(C(N)=NO)c1CC. The van der Waals surface area contributed by atoms with Gasteiger partial charge in [-0.15, -0.1) is 5.10 Å². The Morgan fingerprint density at radius 3 is 2.29 bits per heavy atom. The van der Waals surface area contributed by atoms with E-state index in [9.17, 15) is 0 Å². The van der Waals surface area contributed by atoms with Crippen LogP contribution in [-0.2, 0) is 12.8 Å². The van der Waals surface area contributed by atoms with Gasteiger partial charge >= 0.3 is 0 Å². The van der Waals surface area contributed by atoms with Crippen molar-refractivity contribution in [2.24, 2.45) is 10.9 Å². The lowest BCUT2D eigenvalue weighted by Crippen LogP contribution is -2.42. The number of hydrogen-bond donors (Lipinski definition) is 2. The van der Waals surface area contributed by atoms with Crippen LogP contribution in [0.4, 0.5) is 5.82 Å². The molecule has 118 valence electrons. The third kappa shape index (κ3) is 3.25. The zero-order valence-electron chi connectivity index (χ0n) is 13.9. The minimum Gasteiger partial charge on any atom is -0.409 e. The average molecular weight is 293 g/mol. The van der Waals surface area contributed by atoms with Gasteiger partial charge in [-0.05, 0) is 38.7 Å². The van der Waals surface area contributed by atoms with Gasteiger partial charge in [-0.25, -0.2) is 0 Å². The van der Waals surface area contributed by atoms with Crippen LogP contribution in [0.2, 0.25) is 0 Å². The van der Waals surface area contributed by atoms with Crippen molar-refractivity contribution in [3.8, 4) is 0 Å². The summed E-state index contributed by atoms with van der Waals surface area (Å²) in [6.45, 7) is 10.4. The molecule has 0 fully saturated rings. The van der Waals surface area contributed by atoms with Gasteiger partial charge < -0.3 is 15.8 Å². The maximum atomic E-state index is 9.13. The molecule has 0 radical (unpaired) electrons. The van der Waals surface area contributed by atoms with Gasteiger partial charge in [0.2, 0.25) is 0 Å². The summed E-state index contributed by atoms with van der Waals surface area (Å²) in [5.74, 6) is 0.747. The van der Waals surface area contributed by atoms with Gasteiger partial charge in [0, 0.05) is 12.6 Å². The summed E-state index contributed by atoms with van der Waals surface area (Å²) in [6.07, 6.45) is 2.47. The fourth-order valence-electron chi connectivity index (χ4n) is 2.24. The van der Waals surface area contributed by atoms with Crippen molar-refractivity contribution in [2.45, 2.75) is 59.4 Å². The number of aryl methyl sites for hydroxylation is 1. The molecule has 0 saturated heterocycles. The van der Waals surface area contributed by atoms with Crippen LogP contribution in [0.15, 0.2) is 5.16 Å². The topological polar surface area (TPSA) is 87.6 Å². The summed E-state index contributed by atoms with van der Waals surface area (Å²) in [6, 6.07) is 0. The van der Waals surface area contributed by atoms with Crippen LogP contribution in [0.3, 0.4) is 0 Å². The van der Waals surface area contributed by atoms with E-state index in [1.165, 1.54) is 0 Å². The van der Waals surface area contributed by atoms with Gasteiger partial charge in [0.15, 0.2) is 11.7 Å². The first-order chi connectivity index (χ1) is 9.83. The summed E-state index contributed by atoms with van der Waals surface area (Å²) < 4.78 is 0. The predicted molar refractivity (Wildman–Crippen MR) is 86.1 cm³/mol. The summed E-state index contributed by atoms with van der Waals surface area (Å²) >= 11 is 0. The molecule has 0 unspecified atom stereocenters. The number of aromatic nitrogens is 2. The Balaban J connectivity index is 3.60. The zero-order valence-corrected chi connectivity index (χ0v) is 13.9. The van der Waals surface area contributed by atoms with Crippen molar-refractivity contribution in [1.82, 2.24) is 10.2 Å². The summed E-state index contributed by atoms with van der Waals surface area (Å²) in [4.78, 5) is 2.05. The lowest BCUT2D eigenvalue weighted by atomic mass is 9.97. The maximum Gasteiger partial charge on any atom is 0.174 e. The van der Waals surface area contributed by atoms with E-state index in [1.807, 2.05) is 25.8 Å². The molecule has 0 aliphatic carbocycles. The Morgan fingerprint density at radius 2 is 1.86 bits per heavy atom. The van der Waals surface area contributed by atoms with Crippen molar-refractivity contribution in [3.05, 3.63) is 16.8 Å². The van der Waals surface area contributed by atoms with Crippen molar-refractivity contribution in [3.63, 3.8) is 0 Å². The molecule has 6 nitrogen and oxygen atoms in total. The molecule has 1 rings (SSSR count). The number of rotatable bonds is 6. The van der Waals surface area contributed by atoms with Gasteiger partial charge in [0.05, 0.1) is 11.3 Å². The second-order valence-corrected chi connectivity index (χ2v) is 5.74. The molecule has 1 aromatic rings. The van der Waals surface area contributed by atoms with Gasteiger partial charge in [0.1, 0.15) is 0 Å². The molecule has 3 N–H and O–H groups in total. The van der Waals surface area contributed by atoms with Crippen molar-refractivity contribution < 1.29 is 5.21 Å². The molecule has 0 aliphatic rings. The van der Waals surface area contributed by atoms with Crippen molar-refractivity contribution >= 4 is 11.7 Å². The van der Waals surface area contributed by atoms with Crippen LogP contribution in [-0.4, -0.2) is 33.8 Å². The van der Waals surface area contributed by atoms with E-state index in [0.717, 1.165) is 30.5 Å². The van der Waals surface area contributed by atoms with Crippen molar-refractivity contribution in [1.29, 1.82) is 0 Å². The maximum absolute atomic E-state index is 9.13. The molecule has 0 aromatic carbocycles. The largest absolute Gasteiger partial charge is 0.409 e. The molecule has 1 heterocycles. The molecule has 0 bridgehead atoms. The molecule has 0 atom stereocenters. The number of hydrogen-bond acceptors (Lipinski definition) is 5. The molecule has 0 saturated carbocycles. The molecular formula is C15H27N5O. The van der Waals surface area contributed by atoms with E-state index in [-0.39, 0.29) is 11.4 Å². The van der Waals surface area contributed by atoms with Gasteiger partial charge in [-0.3, -0.25) is 0 Å². The minimum atomic E-state index is -0.0993. The normalized spacial score (nSPS) is 12.6. The van der Waals surface area contributed by atoms with E-state index in [1.54, 1.807) is 0 Å². The lowest BCUT2D eigenvalue weighted by molar-refractivity contribution is 0.318. The van der Waals surface area contributed by atoms with E-state index in [0.29, 0.717) is 11.4 Å². The van der Waals surface area contributed by atoms with Crippen LogP contribution in [0.1, 0.15) is 57.9 Å². The first-order valence-corrected chi connectivity index (χ1v) is 7.44.